The number of esters is 2. The fourth-order valence-corrected chi connectivity index (χ4v) is 9.15. The van der Waals surface area contributed by atoms with Crippen LogP contribution in [-0.2, 0) is 28.7 Å². The summed E-state index contributed by atoms with van der Waals surface area (Å²) in [5.41, 5.74) is -6.99. The van der Waals surface area contributed by atoms with Crippen LogP contribution >= 0.6 is 11.8 Å². The number of thioether (sulfide) groups is 1. The highest BCUT2D eigenvalue weighted by Gasteiger charge is 2.79. The molecule has 3 fully saturated rings. The standard InChI is InChI=1S/C28H35F3O6S.C5H4O3/c1-6-22(33)36-21-13-26(5)17(10-15(3)28(26,24(35)38-14-29)37-23(34)7-2)18-12-20(30)19-11-16(32)8-9-25(19,4)27(18,21)31;6-5(7)4-2-1-3-8-4/h8-9,11,15,17-18,20-21H,6-7,10,12-14H2,1-5H3;1-3H,(H,6,7)/t15-,17+,18+,20+,21+,25+,26+,27+,28+;/m1./s1. The predicted molar refractivity (Wildman–Crippen MR) is 161 cm³/mol. The van der Waals surface area contributed by atoms with Crippen LogP contribution in [0.1, 0.15) is 77.3 Å². The van der Waals surface area contributed by atoms with E-state index in [2.05, 4.69) is 4.42 Å². The Bertz CT molecular complexity index is 1440. The van der Waals surface area contributed by atoms with Gasteiger partial charge in [-0.05, 0) is 73.7 Å². The molecule has 0 radical (unpaired) electrons. The van der Waals surface area contributed by atoms with Gasteiger partial charge in [-0.3, -0.25) is 19.2 Å². The lowest BCUT2D eigenvalue weighted by Crippen LogP contribution is -2.71. The van der Waals surface area contributed by atoms with Gasteiger partial charge in [0.25, 0.3) is 0 Å². The third kappa shape index (κ3) is 5.41. The number of carbonyl (C=O) groups excluding carboxylic acids is 4. The van der Waals surface area contributed by atoms with E-state index >= 15 is 8.78 Å². The first-order valence-corrected chi connectivity index (χ1v) is 16.2. The molecule has 0 saturated heterocycles. The van der Waals surface area contributed by atoms with Gasteiger partial charge < -0.3 is 19.0 Å². The highest BCUT2D eigenvalue weighted by atomic mass is 32.2. The summed E-state index contributed by atoms with van der Waals surface area (Å²) in [5.74, 6) is -5.17. The number of fused-ring (bicyclic) bond motifs is 5. The molecule has 0 bridgehead atoms. The van der Waals surface area contributed by atoms with E-state index in [0.717, 1.165) is 6.08 Å². The minimum absolute atomic E-state index is 0.00341. The second-order valence-electron chi connectivity index (χ2n) is 12.7. The summed E-state index contributed by atoms with van der Waals surface area (Å²) >= 11 is 0.388. The molecule has 9 nitrogen and oxygen atoms in total. The van der Waals surface area contributed by atoms with Crippen LogP contribution in [0, 0.1) is 28.6 Å². The molecule has 0 aromatic carbocycles. The molecule has 0 aliphatic heterocycles. The number of alkyl halides is 3. The number of ketones is 1. The predicted octanol–water partition coefficient (Wildman–Crippen LogP) is 6.37. The first-order chi connectivity index (χ1) is 21.6. The van der Waals surface area contributed by atoms with Crippen molar-refractivity contribution >= 4 is 40.6 Å². The maximum absolute atomic E-state index is 18.0. The maximum Gasteiger partial charge on any atom is 0.371 e. The molecule has 0 amide bonds. The second-order valence-corrected chi connectivity index (χ2v) is 13.6. The van der Waals surface area contributed by atoms with E-state index in [0.29, 0.717) is 11.8 Å². The van der Waals surface area contributed by atoms with Crippen LogP contribution < -0.4 is 0 Å². The maximum atomic E-state index is 18.0. The number of ether oxygens (including phenoxy) is 2. The molecule has 0 unspecified atom stereocenters. The van der Waals surface area contributed by atoms with Crippen LogP contribution in [0.15, 0.2) is 46.6 Å². The number of carboxylic acids is 1. The van der Waals surface area contributed by atoms with E-state index in [1.165, 1.54) is 37.5 Å². The number of carbonyl (C=O) groups is 5. The molecule has 1 aromatic heterocycles. The van der Waals surface area contributed by atoms with Gasteiger partial charge in [0, 0.05) is 35.5 Å². The van der Waals surface area contributed by atoms with Gasteiger partial charge in [0.1, 0.15) is 18.3 Å². The number of carboxylic acid groups (broad SMARTS) is 1. The van der Waals surface area contributed by atoms with Crippen molar-refractivity contribution in [2.45, 2.75) is 90.3 Å². The first-order valence-electron chi connectivity index (χ1n) is 15.3. The fourth-order valence-electron chi connectivity index (χ4n) is 8.36. The van der Waals surface area contributed by atoms with Crippen molar-refractivity contribution in [3.8, 4) is 0 Å². The van der Waals surface area contributed by atoms with E-state index in [1.807, 2.05) is 0 Å². The normalized spacial score (nSPS) is 37.4. The smallest absolute Gasteiger partial charge is 0.371 e. The van der Waals surface area contributed by atoms with Crippen LogP contribution in [0.2, 0.25) is 0 Å². The molecule has 46 heavy (non-hydrogen) atoms. The van der Waals surface area contributed by atoms with Gasteiger partial charge in [0.05, 0.1) is 6.26 Å². The number of furan rings is 1. The molecule has 5 rings (SSSR count). The molecule has 252 valence electrons. The van der Waals surface area contributed by atoms with Crippen molar-refractivity contribution in [2.75, 3.05) is 6.01 Å². The van der Waals surface area contributed by atoms with E-state index in [-0.39, 0.29) is 43.4 Å². The Balaban J connectivity index is 0.000000523. The number of hydrogen-bond donors (Lipinski definition) is 1. The number of rotatable bonds is 7. The minimum atomic E-state index is -2.31. The SMILES string of the molecule is CCC(=O)O[C@H]1C[C@@]2(C)[C@@H](C[C@@H](C)[C@]2(OC(=O)CC)C(=O)SCF)[C@@H]2C[C@H](F)C3=CC(=O)C=C[C@]3(C)[C@@]12F.O=C(O)c1ccco1. The van der Waals surface area contributed by atoms with Crippen molar-refractivity contribution < 1.29 is 56.1 Å². The summed E-state index contributed by atoms with van der Waals surface area (Å²) in [4.78, 5) is 61.0. The van der Waals surface area contributed by atoms with Gasteiger partial charge >= 0.3 is 17.9 Å². The molecule has 0 spiro atoms. The third-order valence-corrected chi connectivity index (χ3v) is 11.2. The van der Waals surface area contributed by atoms with Gasteiger partial charge in [-0.25, -0.2) is 18.0 Å². The zero-order valence-corrected chi connectivity index (χ0v) is 27.2. The van der Waals surface area contributed by atoms with E-state index in [4.69, 9.17) is 14.6 Å². The summed E-state index contributed by atoms with van der Waals surface area (Å²) in [7, 11) is 0. The van der Waals surface area contributed by atoms with Crippen molar-refractivity contribution in [3.05, 3.63) is 48.0 Å². The molecule has 4 aliphatic carbocycles. The van der Waals surface area contributed by atoms with Gasteiger partial charge in [0.2, 0.25) is 10.9 Å². The molecular formula is C33H39F3O9S. The monoisotopic (exact) mass is 668 g/mol. The highest BCUT2D eigenvalue weighted by molar-refractivity contribution is 8.13. The Morgan fingerprint density at radius 1 is 1.11 bits per heavy atom. The zero-order valence-electron chi connectivity index (χ0n) is 26.3. The summed E-state index contributed by atoms with van der Waals surface area (Å²) in [6, 6.07) is 1.88. The number of allylic oxidation sites excluding steroid dienone is 4. The summed E-state index contributed by atoms with van der Waals surface area (Å²) < 4.78 is 63.4. The van der Waals surface area contributed by atoms with Gasteiger partial charge in [-0.15, -0.1) is 0 Å². The Morgan fingerprint density at radius 2 is 1.78 bits per heavy atom. The third-order valence-electron chi connectivity index (χ3n) is 10.5. The highest BCUT2D eigenvalue weighted by Crippen LogP contribution is 2.72. The number of hydrogen-bond acceptors (Lipinski definition) is 9. The number of halogens is 3. The first kappa shape index (κ1) is 35.5. The van der Waals surface area contributed by atoms with Crippen molar-refractivity contribution in [3.63, 3.8) is 0 Å². The van der Waals surface area contributed by atoms with Crippen LogP contribution in [0.4, 0.5) is 13.2 Å². The van der Waals surface area contributed by atoms with Gasteiger partial charge in [0.15, 0.2) is 17.1 Å². The zero-order chi connectivity index (χ0) is 34.2. The topological polar surface area (TPSA) is 137 Å². The van der Waals surface area contributed by atoms with Crippen molar-refractivity contribution in [1.29, 1.82) is 0 Å². The Kier molecular flexibility index (Phi) is 10.1. The van der Waals surface area contributed by atoms with Gasteiger partial charge in [-0.2, -0.15) is 0 Å². The van der Waals surface area contributed by atoms with Crippen molar-refractivity contribution in [2.24, 2.45) is 28.6 Å². The molecule has 1 aromatic rings. The van der Waals surface area contributed by atoms with E-state index in [9.17, 15) is 28.4 Å². The molecule has 3 saturated carbocycles. The van der Waals surface area contributed by atoms with Crippen LogP contribution in [-0.4, -0.2) is 63.5 Å². The Labute approximate surface area is 269 Å². The lowest BCUT2D eigenvalue weighted by molar-refractivity contribution is -0.237. The fraction of sp³-hybridized carbons (Fsp3) is 0.606. The summed E-state index contributed by atoms with van der Waals surface area (Å²) in [6.45, 7) is 8.05. The molecule has 1 heterocycles. The largest absolute Gasteiger partial charge is 0.475 e. The van der Waals surface area contributed by atoms with Crippen molar-refractivity contribution in [1.82, 2.24) is 0 Å². The average Bonchev–Trinajstić information content (AvgIpc) is 3.63. The molecular weight excluding hydrogens is 629 g/mol. The Hall–Kier alpha value is -3.35. The quantitative estimate of drug-likeness (QED) is 0.327. The molecule has 4 aliphatic rings. The lowest BCUT2D eigenvalue weighted by atomic mass is 9.44. The Morgan fingerprint density at radius 3 is 2.33 bits per heavy atom. The number of aromatic carboxylic acids is 1. The van der Waals surface area contributed by atoms with Gasteiger partial charge in [-0.1, -0.05) is 33.8 Å². The molecule has 13 heteroatoms. The lowest BCUT2D eigenvalue weighted by Gasteiger charge is -2.63. The second kappa shape index (κ2) is 13.0. The minimum Gasteiger partial charge on any atom is -0.475 e. The van der Waals surface area contributed by atoms with E-state index < -0.39 is 86.9 Å². The molecule has 1 N–H and O–H groups in total. The van der Waals surface area contributed by atoms with Crippen LogP contribution in [0.3, 0.4) is 0 Å². The van der Waals surface area contributed by atoms with E-state index in [1.54, 1.807) is 27.7 Å². The summed E-state index contributed by atoms with van der Waals surface area (Å²) in [6.07, 6.45) is 1.59. The molecule has 9 atom stereocenters. The summed E-state index contributed by atoms with van der Waals surface area (Å²) in [5, 5.41) is 7.49. The average molecular weight is 669 g/mol. The van der Waals surface area contributed by atoms with Crippen LogP contribution in [0.25, 0.3) is 0 Å². The van der Waals surface area contributed by atoms with Crippen LogP contribution in [0.5, 0.6) is 0 Å².